The topological polar surface area (TPSA) is 66.8 Å². The molecule has 0 aromatic heterocycles. The largest absolute Gasteiger partial charge is 0.469 e. The van der Waals surface area contributed by atoms with E-state index >= 15 is 0 Å². The Morgan fingerprint density at radius 1 is 1.13 bits per heavy atom. The molecular weight excluding hydrogens is 215 g/mol. The monoisotopic (exact) mass is 238 g/mol. The minimum Gasteiger partial charge on any atom is -0.303 e. The van der Waals surface area contributed by atoms with Gasteiger partial charge in [-0.05, 0) is 18.8 Å². The minimum atomic E-state index is -4.26. The molecule has 0 aliphatic heterocycles. The summed E-state index contributed by atoms with van der Waals surface area (Å²) in [6, 6.07) is 0. The predicted octanol–water partition coefficient (Wildman–Crippen LogP) is 3.09. The van der Waals surface area contributed by atoms with Crippen LogP contribution in [-0.2, 0) is 9.09 Å². The molecule has 0 bridgehead atoms. The van der Waals surface area contributed by atoms with Crippen LogP contribution >= 0.6 is 7.82 Å². The highest BCUT2D eigenvalue weighted by molar-refractivity contribution is 7.46. The Kier molecular flexibility index (Phi) is 8.34. The number of phosphoric acid groups is 1. The van der Waals surface area contributed by atoms with E-state index in [1.807, 2.05) is 0 Å². The highest BCUT2D eigenvalue weighted by atomic mass is 31.2. The molecule has 15 heavy (non-hydrogen) atoms. The van der Waals surface area contributed by atoms with Crippen molar-refractivity contribution in [3.8, 4) is 0 Å². The van der Waals surface area contributed by atoms with Gasteiger partial charge in [-0.3, -0.25) is 4.52 Å². The molecule has 0 saturated carbocycles. The van der Waals surface area contributed by atoms with Gasteiger partial charge in [0.05, 0.1) is 6.61 Å². The van der Waals surface area contributed by atoms with E-state index in [-0.39, 0.29) is 6.61 Å². The summed E-state index contributed by atoms with van der Waals surface area (Å²) in [7, 11) is -4.26. The van der Waals surface area contributed by atoms with Crippen molar-refractivity contribution < 1.29 is 18.9 Å². The molecule has 0 heterocycles. The second-order valence-corrected chi connectivity index (χ2v) is 5.15. The standard InChI is InChI=1S/C10H23O4P/c1-3-6-10(7-4-2)8-5-9-14-15(11,12)13/h10H,3-9H2,1-2H3,(H2,11,12,13). The molecule has 0 amide bonds. The number of phosphoric ester groups is 1. The van der Waals surface area contributed by atoms with Crippen molar-refractivity contribution in [3.63, 3.8) is 0 Å². The van der Waals surface area contributed by atoms with Gasteiger partial charge in [0.2, 0.25) is 0 Å². The van der Waals surface area contributed by atoms with Crippen molar-refractivity contribution in [3.05, 3.63) is 0 Å². The van der Waals surface area contributed by atoms with Crippen LogP contribution in [0.15, 0.2) is 0 Å². The van der Waals surface area contributed by atoms with Crippen LogP contribution in [0.25, 0.3) is 0 Å². The van der Waals surface area contributed by atoms with E-state index in [9.17, 15) is 4.57 Å². The van der Waals surface area contributed by atoms with Gasteiger partial charge in [0.1, 0.15) is 0 Å². The molecule has 0 atom stereocenters. The predicted molar refractivity (Wildman–Crippen MR) is 60.5 cm³/mol. The molecule has 0 fully saturated rings. The third kappa shape index (κ3) is 10.4. The second-order valence-electron chi connectivity index (χ2n) is 3.91. The lowest BCUT2D eigenvalue weighted by atomic mass is 9.94. The number of rotatable bonds is 9. The van der Waals surface area contributed by atoms with E-state index in [1.54, 1.807) is 0 Å². The van der Waals surface area contributed by atoms with Crippen molar-refractivity contribution >= 4 is 7.82 Å². The SMILES string of the molecule is CCCC(CCC)CCCOP(=O)(O)O. The van der Waals surface area contributed by atoms with Crippen molar-refractivity contribution in [1.82, 2.24) is 0 Å². The normalized spacial score (nSPS) is 12.3. The molecule has 0 aromatic rings. The molecule has 0 radical (unpaired) electrons. The summed E-state index contributed by atoms with van der Waals surface area (Å²) in [5.74, 6) is 0.681. The van der Waals surface area contributed by atoms with Gasteiger partial charge >= 0.3 is 7.82 Å². The van der Waals surface area contributed by atoms with E-state index in [0.29, 0.717) is 5.92 Å². The van der Waals surface area contributed by atoms with Crippen LogP contribution in [0.2, 0.25) is 0 Å². The lowest BCUT2D eigenvalue weighted by Crippen LogP contribution is -2.02. The molecule has 0 aromatic carbocycles. The van der Waals surface area contributed by atoms with Crippen molar-refractivity contribution in [2.75, 3.05) is 6.61 Å². The van der Waals surface area contributed by atoms with Crippen molar-refractivity contribution in [1.29, 1.82) is 0 Å². The molecular formula is C10H23O4P. The molecule has 0 unspecified atom stereocenters. The van der Waals surface area contributed by atoms with Crippen molar-refractivity contribution in [2.45, 2.75) is 52.4 Å². The van der Waals surface area contributed by atoms with E-state index in [2.05, 4.69) is 18.4 Å². The Bertz CT molecular complexity index is 184. The average Bonchev–Trinajstić information content (AvgIpc) is 2.11. The van der Waals surface area contributed by atoms with Gasteiger partial charge < -0.3 is 9.79 Å². The van der Waals surface area contributed by atoms with Crippen LogP contribution in [0.4, 0.5) is 0 Å². The molecule has 0 spiro atoms. The first-order chi connectivity index (χ1) is 6.99. The molecule has 5 heteroatoms. The van der Waals surface area contributed by atoms with E-state index in [1.165, 1.54) is 25.7 Å². The van der Waals surface area contributed by atoms with Gasteiger partial charge in [0.15, 0.2) is 0 Å². The summed E-state index contributed by atoms with van der Waals surface area (Å²) < 4.78 is 14.8. The molecule has 0 aliphatic rings. The maximum atomic E-state index is 10.4. The fourth-order valence-corrected chi connectivity index (χ4v) is 2.17. The number of hydrogen-bond acceptors (Lipinski definition) is 2. The average molecular weight is 238 g/mol. The van der Waals surface area contributed by atoms with Gasteiger partial charge in [0.25, 0.3) is 0 Å². The van der Waals surface area contributed by atoms with E-state index in [0.717, 1.165) is 12.8 Å². The Labute approximate surface area is 92.3 Å². The quantitative estimate of drug-likeness (QED) is 0.478. The van der Waals surface area contributed by atoms with Crippen LogP contribution in [0.3, 0.4) is 0 Å². The second kappa shape index (κ2) is 8.28. The van der Waals surface area contributed by atoms with Crippen LogP contribution < -0.4 is 0 Å². The maximum absolute atomic E-state index is 10.4. The Balaban J connectivity index is 3.57. The summed E-state index contributed by atoms with van der Waals surface area (Å²) in [6.45, 7) is 4.48. The molecule has 2 N–H and O–H groups in total. The fraction of sp³-hybridized carbons (Fsp3) is 1.00. The van der Waals surface area contributed by atoms with Gasteiger partial charge in [-0.1, -0.05) is 39.5 Å². The van der Waals surface area contributed by atoms with Crippen LogP contribution in [0.5, 0.6) is 0 Å². The summed E-state index contributed by atoms with van der Waals surface area (Å²) in [4.78, 5) is 17.0. The highest BCUT2D eigenvalue weighted by Crippen LogP contribution is 2.36. The molecule has 92 valence electrons. The Morgan fingerprint density at radius 2 is 1.67 bits per heavy atom. The zero-order valence-electron chi connectivity index (χ0n) is 9.69. The zero-order valence-corrected chi connectivity index (χ0v) is 10.6. The maximum Gasteiger partial charge on any atom is 0.469 e. The van der Waals surface area contributed by atoms with Gasteiger partial charge in [-0.25, -0.2) is 4.57 Å². The third-order valence-electron chi connectivity index (χ3n) is 2.41. The molecule has 4 nitrogen and oxygen atoms in total. The van der Waals surface area contributed by atoms with Crippen molar-refractivity contribution in [2.24, 2.45) is 5.92 Å². The fourth-order valence-electron chi connectivity index (χ4n) is 1.80. The summed E-state index contributed by atoms with van der Waals surface area (Å²) in [6.07, 6.45) is 6.47. The summed E-state index contributed by atoms with van der Waals surface area (Å²) in [5.41, 5.74) is 0. The highest BCUT2D eigenvalue weighted by Gasteiger charge is 2.13. The molecule has 0 aliphatic carbocycles. The Morgan fingerprint density at radius 3 is 2.07 bits per heavy atom. The Hall–Kier alpha value is 0.110. The van der Waals surface area contributed by atoms with E-state index in [4.69, 9.17) is 9.79 Å². The van der Waals surface area contributed by atoms with Crippen LogP contribution in [0, 0.1) is 5.92 Å². The van der Waals surface area contributed by atoms with Crippen LogP contribution in [-0.4, -0.2) is 16.4 Å². The first kappa shape index (κ1) is 15.1. The lowest BCUT2D eigenvalue weighted by molar-refractivity contribution is 0.188. The third-order valence-corrected chi connectivity index (χ3v) is 2.93. The first-order valence-electron chi connectivity index (χ1n) is 5.69. The lowest BCUT2D eigenvalue weighted by Gasteiger charge is -2.14. The molecule has 0 saturated heterocycles. The van der Waals surface area contributed by atoms with Gasteiger partial charge in [-0.2, -0.15) is 0 Å². The van der Waals surface area contributed by atoms with E-state index < -0.39 is 7.82 Å². The van der Waals surface area contributed by atoms with Crippen LogP contribution in [0.1, 0.15) is 52.4 Å². The summed E-state index contributed by atoms with van der Waals surface area (Å²) in [5, 5.41) is 0. The van der Waals surface area contributed by atoms with Gasteiger partial charge in [-0.15, -0.1) is 0 Å². The first-order valence-corrected chi connectivity index (χ1v) is 7.22. The molecule has 0 rings (SSSR count). The number of hydrogen-bond donors (Lipinski definition) is 2. The van der Waals surface area contributed by atoms with Gasteiger partial charge in [0, 0.05) is 0 Å². The minimum absolute atomic E-state index is 0.161. The zero-order chi connectivity index (χ0) is 11.7. The summed E-state index contributed by atoms with van der Waals surface area (Å²) >= 11 is 0. The smallest absolute Gasteiger partial charge is 0.303 e.